The SMILES string of the molecule is CCC1=C2CCCN3C(=O)O[C@H]([C@H]1O)[C@H]23. The van der Waals surface area contributed by atoms with Gasteiger partial charge in [0.25, 0.3) is 0 Å². The van der Waals surface area contributed by atoms with Crippen LogP contribution in [-0.2, 0) is 4.74 Å². The van der Waals surface area contributed by atoms with Gasteiger partial charge in [0.1, 0.15) is 6.10 Å². The van der Waals surface area contributed by atoms with Crippen LogP contribution < -0.4 is 0 Å². The van der Waals surface area contributed by atoms with Crippen molar-refractivity contribution in [2.24, 2.45) is 0 Å². The first-order valence-corrected chi connectivity index (χ1v) is 5.61. The summed E-state index contributed by atoms with van der Waals surface area (Å²) in [6.07, 6.45) is 1.70. The van der Waals surface area contributed by atoms with Crippen LogP contribution in [0, 0.1) is 0 Å². The van der Waals surface area contributed by atoms with E-state index in [1.165, 1.54) is 5.57 Å². The molecule has 0 bridgehead atoms. The predicted octanol–water partition coefficient (Wildman–Crippen LogP) is 1.05. The van der Waals surface area contributed by atoms with Crippen molar-refractivity contribution < 1.29 is 14.6 Å². The Labute approximate surface area is 88.5 Å². The second-order valence-corrected chi connectivity index (χ2v) is 4.44. The van der Waals surface area contributed by atoms with Gasteiger partial charge < -0.3 is 9.84 Å². The van der Waals surface area contributed by atoms with E-state index in [0.29, 0.717) is 0 Å². The lowest BCUT2D eigenvalue weighted by atomic mass is 9.96. The third kappa shape index (κ3) is 1.03. The maximum absolute atomic E-state index is 11.5. The number of amides is 1. The van der Waals surface area contributed by atoms with E-state index >= 15 is 0 Å². The van der Waals surface area contributed by atoms with E-state index in [2.05, 4.69) is 0 Å². The molecule has 0 spiro atoms. The maximum Gasteiger partial charge on any atom is 0.410 e. The number of ether oxygens (including phenoxy) is 1. The number of piperidine rings is 1. The van der Waals surface area contributed by atoms with Crippen LogP contribution in [0.4, 0.5) is 4.79 Å². The largest absolute Gasteiger partial charge is 0.440 e. The van der Waals surface area contributed by atoms with Crippen LogP contribution in [0.3, 0.4) is 0 Å². The van der Waals surface area contributed by atoms with Gasteiger partial charge >= 0.3 is 6.09 Å². The first-order chi connectivity index (χ1) is 7.24. The van der Waals surface area contributed by atoms with Gasteiger partial charge in [-0.15, -0.1) is 0 Å². The van der Waals surface area contributed by atoms with Crippen LogP contribution in [0.5, 0.6) is 0 Å². The van der Waals surface area contributed by atoms with Gasteiger partial charge in [-0.2, -0.15) is 0 Å². The van der Waals surface area contributed by atoms with Crippen LogP contribution in [0.15, 0.2) is 11.1 Å². The number of hydrogen-bond donors (Lipinski definition) is 1. The maximum atomic E-state index is 11.5. The Morgan fingerprint density at radius 1 is 1.60 bits per heavy atom. The zero-order valence-corrected chi connectivity index (χ0v) is 8.77. The van der Waals surface area contributed by atoms with Crippen LogP contribution >= 0.6 is 0 Å². The third-order valence-corrected chi connectivity index (χ3v) is 3.78. The summed E-state index contributed by atoms with van der Waals surface area (Å²) in [7, 11) is 0. The van der Waals surface area contributed by atoms with Crippen LogP contribution in [0.25, 0.3) is 0 Å². The third-order valence-electron chi connectivity index (χ3n) is 3.78. The van der Waals surface area contributed by atoms with Crippen molar-refractivity contribution in [3.05, 3.63) is 11.1 Å². The van der Waals surface area contributed by atoms with Gasteiger partial charge in [0.15, 0.2) is 6.10 Å². The van der Waals surface area contributed by atoms with E-state index in [9.17, 15) is 9.90 Å². The van der Waals surface area contributed by atoms with E-state index in [1.807, 2.05) is 6.92 Å². The Morgan fingerprint density at radius 3 is 3.13 bits per heavy atom. The highest BCUT2D eigenvalue weighted by molar-refractivity contribution is 5.73. The van der Waals surface area contributed by atoms with Crippen molar-refractivity contribution in [3.8, 4) is 0 Å². The number of carbonyl (C=O) groups excluding carboxylic acids is 1. The molecule has 0 radical (unpaired) electrons. The topological polar surface area (TPSA) is 49.8 Å². The summed E-state index contributed by atoms with van der Waals surface area (Å²) >= 11 is 0. The predicted molar refractivity (Wildman–Crippen MR) is 53.3 cm³/mol. The fourth-order valence-electron chi connectivity index (χ4n) is 3.16. The molecule has 2 saturated heterocycles. The summed E-state index contributed by atoms with van der Waals surface area (Å²) < 4.78 is 5.24. The summed E-state index contributed by atoms with van der Waals surface area (Å²) in [5.74, 6) is 0. The molecular formula is C11H15NO3. The minimum Gasteiger partial charge on any atom is -0.440 e. The molecule has 82 valence electrons. The molecule has 1 N–H and O–H groups in total. The molecule has 0 aromatic rings. The van der Waals surface area contributed by atoms with E-state index in [1.54, 1.807) is 4.90 Å². The minimum absolute atomic E-state index is 0.0381. The summed E-state index contributed by atoms with van der Waals surface area (Å²) in [4.78, 5) is 13.3. The van der Waals surface area contributed by atoms with Crippen molar-refractivity contribution in [2.75, 3.05) is 6.54 Å². The van der Waals surface area contributed by atoms with Crippen molar-refractivity contribution in [1.29, 1.82) is 0 Å². The molecule has 0 aromatic heterocycles. The summed E-state index contributed by atoms with van der Waals surface area (Å²) in [6, 6.07) is 0.0381. The molecule has 2 heterocycles. The van der Waals surface area contributed by atoms with Gasteiger partial charge in [0, 0.05) is 6.54 Å². The van der Waals surface area contributed by atoms with Crippen LogP contribution in [-0.4, -0.2) is 40.9 Å². The standard InChI is InChI=1S/C11H15NO3/c1-2-6-7-4-3-5-12-8(7)10(9(6)13)15-11(12)14/h8-10,13H,2-5H2,1H3/t8-,9-,10-/m0/s1. The quantitative estimate of drug-likeness (QED) is 0.657. The molecule has 4 nitrogen and oxygen atoms in total. The summed E-state index contributed by atoms with van der Waals surface area (Å²) in [6.45, 7) is 2.82. The first kappa shape index (κ1) is 9.21. The number of rotatable bonds is 1. The van der Waals surface area contributed by atoms with Gasteiger partial charge in [0.05, 0.1) is 6.04 Å². The van der Waals surface area contributed by atoms with E-state index in [-0.39, 0.29) is 18.2 Å². The molecule has 2 aliphatic heterocycles. The minimum atomic E-state index is -0.568. The van der Waals surface area contributed by atoms with Gasteiger partial charge in [-0.3, -0.25) is 4.90 Å². The van der Waals surface area contributed by atoms with Gasteiger partial charge in [-0.1, -0.05) is 6.92 Å². The van der Waals surface area contributed by atoms with E-state index in [0.717, 1.165) is 31.4 Å². The van der Waals surface area contributed by atoms with Crippen LogP contribution in [0.2, 0.25) is 0 Å². The average molecular weight is 209 g/mol. The lowest BCUT2D eigenvalue weighted by molar-refractivity contribution is 0.0524. The molecule has 4 heteroatoms. The zero-order valence-electron chi connectivity index (χ0n) is 8.77. The Bertz CT molecular complexity index is 350. The second-order valence-electron chi connectivity index (χ2n) is 4.44. The molecule has 3 atom stereocenters. The normalized spacial score (nSPS) is 38.4. The van der Waals surface area contributed by atoms with Crippen molar-refractivity contribution >= 4 is 6.09 Å². The fourth-order valence-corrected chi connectivity index (χ4v) is 3.16. The fraction of sp³-hybridized carbons (Fsp3) is 0.727. The van der Waals surface area contributed by atoms with Crippen molar-refractivity contribution in [1.82, 2.24) is 4.90 Å². The van der Waals surface area contributed by atoms with Gasteiger partial charge in [-0.05, 0) is 30.4 Å². The number of nitrogens with zero attached hydrogens (tertiary/aromatic N) is 1. The van der Waals surface area contributed by atoms with Crippen molar-refractivity contribution in [3.63, 3.8) is 0 Å². The number of hydrogen-bond acceptors (Lipinski definition) is 3. The molecule has 0 saturated carbocycles. The van der Waals surface area contributed by atoms with Gasteiger partial charge in [-0.25, -0.2) is 4.79 Å². The molecule has 1 amide bonds. The Morgan fingerprint density at radius 2 is 2.40 bits per heavy atom. The molecule has 3 rings (SSSR count). The Hall–Kier alpha value is -1.03. The van der Waals surface area contributed by atoms with Crippen molar-refractivity contribution in [2.45, 2.75) is 44.4 Å². The smallest absolute Gasteiger partial charge is 0.410 e. The monoisotopic (exact) mass is 209 g/mol. The second kappa shape index (κ2) is 2.98. The van der Waals surface area contributed by atoms with E-state index < -0.39 is 6.10 Å². The molecule has 0 unspecified atom stereocenters. The summed E-state index contributed by atoms with van der Waals surface area (Å²) in [5.41, 5.74) is 2.36. The number of aliphatic hydroxyl groups excluding tert-OH is 1. The lowest BCUT2D eigenvalue weighted by Gasteiger charge is -2.28. The lowest BCUT2D eigenvalue weighted by Crippen LogP contribution is -2.41. The number of carbonyl (C=O) groups is 1. The molecular weight excluding hydrogens is 194 g/mol. The van der Waals surface area contributed by atoms with Crippen LogP contribution in [0.1, 0.15) is 26.2 Å². The highest BCUT2D eigenvalue weighted by Crippen LogP contribution is 2.43. The molecule has 3 aliphatic rings. The number of aliphatic hydroxyl groups is 1. The zero-order chi connectivity index (χ0) is 10.6. The molecule has 15 heavy (non-hydrogen) atoms. The molecule has 0 aromatic carbocycles. The highest BCUT2D eigenvalue weighted by Gasteiger charge is 2.54. The Kier molecular flexibility index (Phi) is 1.83. The van der Waals surface area contributed by atoms with E-state index in [4.69, 9.17) is 4.74 Å². The van der Waals surface area contributed by atoms with Gasteiger partial charge in [0.2, 0.25) is 0 Å². The summed E-state index contributed by atoms with van der Waals surface area (Å²) in [5, 5.41) is 10.1. The molecule has 1 aliphatic carbocycles. The average Bonchev–Trinajstić information content (AvgIpc) is 2.70. The highest BCUT2D eigenvalue weighted by atomic mass is 16.6. The Balaban J connectivity index is 2.05. The molecule has 2 fully saturated rings. The first-order valence-electron chi connectivity index (χ1n) is 5.61.